The molecule has 0 aromatic carbocycles. The summed E-state index contributed by atoms with van der Waals surface area (Å²) in [5.74, 6) is 0.704. The van der Waals surface area contributed by atoms with E-state index in [4.69, 9.17) is 3.69 Å². The van der Waals surface area contributed by atoms with E-state index >= 15 is 0 Å². The first-order chi connectivity index (χ1) is 2.77. The van der Waals surface area contributed by atoms with Crippen LogP contribution in [0.15, 0.2) is 0 Å². The maximum absolute atomic E-state index is 8.36. The van der Waals surface area contributed by atoms with E-state index in [2.05, 4.69) is 13.8 Å². The summed E-state index contributed by atoms with van der Waals surface area (Å²) < 4.78 is 9.42. The van der Waals surface area contributed by atoms with Crippen LogP contribution in [0.1, 0.15) is 13.8 Å². The molecule has 1 nitrogen and oxygen atoms in total. The second-order valence-corrected chi connectivity index (χ2v) is 2.89. The molecule has 0 amide bonds. The molecular formula is C4H10OTi. The fourth-order valence-electron chi connectivity index (χ4n) is 0.183. The van der Waals surface area contributed by atoms with Gasteiger partial charge in [-0.15, -0.1) is 0 Å². The molecule has 0 aromatic rings. The molecule has 0 saturated heterocycles. The van der Waals surface area contributed by atoms with Gasteiger partial charge in [-0.1, -0.05) is 0 Å². The average Bonchev–Trinajstić information content (AvgIpc) is 1.35. The van der Waals surface area contributed by atoms with E-state index in [0.717, 1.165) is 4.73 Å². The SMILES string of the molecule is CC(C)[CH2][Ti][OH]. The Balaban J connectivity index is 2.63. The third kappa shape index (κ3) is 4.67. The fraction of sp³-hybridized carbons (Fsp3) is 1.00. The Hall–Kier alpha value is 0.674. The third-order valence-electron chi connectivity index (χ3n) is 0.500. The molecule has 1 N–H and O–H groups in total. The van der Waals surface area contributed by atoms with Crippen molar-refractivity contribution in [2.45, 2.75) is 18.6 Å². The minimum absolute atomic E-state index is 0.537. The second-order valence-electron chi connectivity index (χ2n) is 1.76. The first-order valence-corrected chi connectivity index (χ1v) is 3.94. The first-order valence-electron chi connectivity index (χ1n) is 2.14. The molecule has 0 bridgehead atoms. The second kappa shape index (κ2) is 3.85. The molecule has 0 saturated carbocycles. The molecule has 0 radical (unpaired) electrons. The molecule has 2 heteroatoms. The van der Waals surface area contributed by atoms with Crippen LogP contribution >= 0.6 is 0 Å². The van der Waals surface area contributed by atoms with Crippen LogP contribution in [-0.4, -0.2) is 3.69 Å². The number of rotatable bonds is 2. The van der Waals surface area contributed by atoms with E-state index in [1.165, 1.54) is 0 Å². The van der Waals surface area contributed by atoms with Gasteiger partial charge in [0.15, 0.2) is 0 Å². The molecular weight excluding hydrogens is 112 g/mol. The van der Waals surface area contributed by atoms with Crippen LogP contribution < -0.4 is 0 Å². The summed E-state index contributed by atoms with van der Waals surface area (Å²) >= 11 is -0.537. The third-order valence-corrected chi connectivity index (χ3v) is 2.06. The van der Waals surface area contributed by atoms with Crippen molar-refractivity contribution in [3.05, 3.63) is 0 Å². The Labute approximate surface area is 48.2 Å². The summed E-state index contributed by atoms with van der Waals surface area (Å²) in [4.78, 5) is 0. The van der Waals surface area contributed by atoms with Crippen LogP contribution in [0.5, 0.6) is 0 Å². The van der Waals surface area contributed by atoms with Crippen LogP contribution in [0.4, 0.5) is 0 Å². The van der Waals surface area contributed by atoms with E-state index in [1.807, 2.05) is 0 Å². The Kier molecular flexibility index (Phi) is 4.28. The van der Waals surface area contributed by atoms with Crippen LogP contribution in [0.25, 0.3) is 0 Å². The molecule has 0 atom stereocenters. The van der Waals surface area contributed by atoms with Crippen molar-refractivity contribution in [3.8, 4) is 0 Å². The van der Waals surface area contributed by atoms with E-state index in [9.17, 15) is 0 Å². The standard InChI is InChI=1S/C4H9.H2O.Ti/c1-4(2)3;;/h4H,1H2,2-3H3;1H2;/q;;+1/p-1. The summed E-state index contributed by atoms with van der Waals surface area (Å²) in [6.45, 7) is 4.25. The van der Waals surface area contributed by atoms with Crippen molar-refractivity contribution in [2.75, 3.05) is 0 Å². The van der Waals surface area contributed by atoms with Crippen molar-refractivity contribution >= 4 is 0 Å². The minimum atomic E-state index is -0.537. The van der Waals surface area contributed by atoms with Gasteiger partial charge in [0.25, 0.3) is 0 Å². The monoisotopic (exact) mass is 122 g/mol. The van der Waals surface area contributed by atoms with Gasteiger partial charge >= 0.3 is 47.7 Å². The van der Waals surface area contributed by atoms with Crippen molar-refractivity contribution < 1.29 is 23.2 Å². The molecule has 0 rings (SSSR count). The van der Waals surface area contributed by atoms with Crippen molar-refractivity contribution in [1.29, 1.82) is 0 Å². The quantitative estimate of drug-likeness (QED) is 0.542. The number of hydrogen-bond donors (Lipinski definition) is 1. The summed E-state index contributed by atoms with van der Waals surface area (Å²) in [6, 6.07) is 0. The molecule has 6 heavy (non-hydrogen) atoms. The van der Waals surface area contributed by atoms with E-state index in [1.54, 1.807) is 0 Å². The van der Waals surface area contributed by atoms with E-state index in [-0.39, 0.29) is 0 Å². The van der Waals surface area contributed by atoms with Crippen molar-refractivity contribution in [3.63, 3.8) is 0 Å². The molecule has 0 aliphatic rings. The van der Waals surface area contributed by atoms with Gasteiger partial charge in [0.05, 0.1) is 0 Å². The van der Waals surface area contributed by atoms with Crippen LogP contribution in [-0.2, 0) is 19.5 Å². The molecule has 0 aromatic heterocycles. The molecule has 0 fully saturated rings. The summed E-state index contributed by atoms with van der Waals surface area (Å²) in [7, 11) is 0. The van der Waals surface area contributed by atoms with Crippen LogP contribution in [0, 0.1) is 5.92 Å². The zero-order valence-corrected chi connectivity index (χ0v) is 5.79. The summed E-state index contributed by atoms with van der Waals surface area (Å²) in [5, 5.41) is 0. The predicted octanol–water partition coefficient (Wildman–Crippen LogP) is 1.05. The van der Waals surface area contributed by atoms with Gasteiger partial charge in [0.2, 0.25) is 0 Å². The van der Waals surface area contributed by atoms with Gasteiger partial charge in [-0.3, -0.25) is 0 Å². The zero-order valence-electron chi connectivity index (χ0n) is 4.23. The van der Waals surface area contributed by atoms with Gasteiger partial charge < -0.3 is 0 Å². The average molecular weight is 122 g/mol. The van der Waals surface area contributed by atoms with Crippen LogP contribution in [0.2, 0.25) is 4.73 Å². The van der Waals surface area contributed by atoms with Crippen molar-refractivity contribution in [2.24, 2.45) is 5.92 Å². The van der Waals surface area contributed by atoms with Crippen LogP contribution in [0.3, 0.4) is 0 Å². The Morgan fingerprint density at radius 1 is 1.67 bits per heavy atom. The molecule has 0 unspecified atom stereocenters. The molecule has 0 aliphatic heterocycles. The Morgan fingerprint density at radius 3 is 2.17 bits per heavy atom. The fourth-order valence-corrected chi connectivity index (χ4v) is 0.753. The van der Waals surface area contributed by atoms with Gasteiger partial charge in [-0.05, 0) is 0 Å². The molecule has 0 heterocycles. The Bertz CT molecular complexity index is 28.7. The molecule has 0 spiro atoms. The van der Waals surface area contributed by atoms with Gasteiger partial charge in [0.1, 0.15) is 0 Å². The van der Waals surface area contributed by atoms with Crippen molar-refractivity contribution in [1.82, 2.24) is 0 Å². The predicted molar refractivity (Wildman–Crippen MR) is 21.9 cm³/mol. The van der Waals surface area contributed by atoms with Gasteiger partial charge in [-0.2, -0.15) is 0 Å². The molecule has 0 aliphatic carbocycles. The zero-order chi connectivity index (χ0) is 4.99. The topological polar surface area (TPSA) is 20.2 Å². The summed E-state index contributed by atoms with van der Waals surface area (Å²) in [5.41, 5.74) is 0. The normalized spacial score (nSPS) is 9.33. The van der Waals surface area contributed by atoms with Gasteiger partial charge in [0, 0.05) is 0 Å². The van der Waals surface area contributed by atoms with E-state index in [0.29, 0.717) is 5.92 Å². The van der Waals surface area contributed by atoms with E-state index < -0.39 is 19.5 Å². The molecule has 36 valence electrons. The maximum atomic E-state index is 8.36. The first kappa shape index (κ1) is 6.67. The summed E-state index contributed by atoms with van der Waals surface area (Å²) in [6.07, 6.45) is 0. The van der Waals surface area contributed by atoms with Gasteiger partial charge in [-0.25, -0.2) is 0 Å². The number of hydrogen-bond acceptors (Lipinski definition) is 1. The Morgan fingerprint density at radius 2 is 2.17 bits per heavy atom.